The van der Waals surface area contributed by atoms with Crippen molar-refractivity contribution in [2.45, 2.75) is 26.8 Å². The summed E-state index contributed by atoms with van der Waals surface area (Å²) in [6, 6.07) is 1.98. The van der Waals surface area contributed by atoms with Gasteiger partial charge in [-0.2, -0.15) is 5.10 Å². The Hall–Kier alpha value is -2.11. The summed E-state index contributed by atoms with van der Waals surface area (Å²) in [6.07, 6.45) is 4.36. The molecule has 2 aromatic rings. The maximum Gasteiger partial charge on any atom is 0.129 e. The van der Waals surface area contributed by atoms with Crippen molar-refractivity contribution in [3.05, 3.63) is 30.0 Å². The fraction of sp³-hybridized carbons (Fsp3) is 0.417. The van der Waals surface area contributed by atoms with Gasteiger partial charge in [-0.3, -0.25) is 4.68 Å². The molecule has 0 aliphatic heterocycles. The highest BCUT2D eigenvalue weighted by molar-refractivity contribution is 5.36. The van der Waals surface area contributed by atoms with Crippen LogP contribution in [0.3, 0.4) is 0 Å². The number of nitrogens with zero attached hydrogens (tertiary/aromatic N) is 4. The molecule has 0 unspecified atom stereocenters. The van der Waals surface area contributed by atoms with Crippen molar-refractivity contribution < 1.29 is 0 Å². The molecule has 6 heteroatoms. The molecule has 0 atom stereocenters. The Bertz CT molecular complexity index is 519. The molecular weight excluding hydrogens is 228 g/mol. The number of nitrogens with two attached hydrogens (primary N) is 1. The van der Waals surface area contributed by atoms with E-state index in [0.717, 1.165) is 36.8 Å². The number of hydrogen-bond donors (Lipinski definition) is 2. The summed E-state index contributed by atoms with van der Waals surface area (Å²) in [6.45, 7) is 5.49. The first-order valence-electron chi connectivity index (χ1n) is 6.03. The Morgan fingerprint density at radius 2 is 2.22 bits per heavy atom. The lowest BCUT2D eigenvalue weighted by Crippen LogP contribution is -2.12. The summed E-state index contributed by atoms with van der Waals surface area (Å²) >= 11 is 0. The molecule has 0 aromatic carbocycles. The molecule has 0 aliphatic carbocycles. The molecule has 0 saturated heterocycles. The molecule has 0 aliphatic rings. The van der Waals surface area contributed by atoms with Crippen LogP contribution in [0.25, 0.3) is 0 Å². The number of nitrogen functional groups attached to an aromatic ring is 1. The normalized spacial score (nSPS) is 10.6. The third-order valence-corrected chi connectivity index (χ3v) is 2.55. The third-order valence-electron chi connectivity index (χ3n) is 2.55. The maximum atomic E-state index is 5.59. The molecule has 0 fully saturated rings. The smallest absolute Gasteiger partial charge is 0.129 e. The van der Waals surface area contributed by atoms with Crippen LogP contribution in [0.1, 0.15) is 18.4 Å². The third kappa shape index (κ3) is 3.19. The lowest BCUT2D eigenvalue weighted by Gasteiger charge is -2.07. The largest absolute Gasteiger partial charge is 0.396 e. The van der Waals surface area contributed by atoms with Gasteiger partial charge in [0.2, 0.25) is 0 Å². The summed E-state index contributed by atoms with van der Waals surface area (Å²) in [7, 11) is 0. The Balaban J connectivity index is 1.91. The average molecular weight is 246 g/mol. The van der Waals surface area contributed by atoms with Crippen molar-refractivity contribution in [3.8, 4) is 0 Å². The Morgan fingerprint density at radius 3 is 2.89 bits per heavy atom. The van der Waals surface area contributed by atoms with Gasteiger partial charge in [-0.15, -0.1) is 0 Å². The zero-order valence-corrected chi connectivity index (χ0v) is 10.7. The number of nitrogens with one attached hydrogen (secondary N) is 1. The summed E-state index contributed by atoms with van der Waals surface area (Å²) < 4.78 is 1.80. The Labute approximate surface area is 106 Å². The van der Waals surface area contributed by atoms with E-state index >= 15 is 0 Å². The molecular formula is C12H18N6. The fourth-order valence-corrected chi connectivity index (χ4v) is 1.70. The van der Waals surface area contributed by atoms with Crippen LogP contribution in [-0.2, 0) is 13.0 Å². The van der Waals surface area contributed by atoms with Gasteiger partial charge < -0.3 is 11.1 Å². The molecule has 0 saturated carbocycles. The Morgan fingerprint density at radius 1 is 1.39 bits per heavy atom. The summed E-state index contributed by atoms with van der Waals surface area (Å²) in [5.41, 5.74) is 7.33. The van der Waals surface area contributed by atoms with E-state index in [0.29, 0.717) is 5.69 Å². The van der Waals surface area contributed by atoms with E-state index in [1.54, 1.807) is 10.9 Å². The first-order chi connectivity index (χ1) is 8.67. The quantitative estimate of drug-likeness (QED) is 0.829. The van der Waals surface area contributed by atoms with E-state index in [1.165, 1.54) is 0 Å². The second-order valence-electron chi connectivity index (χ2n) is 4.11. The SMILES string of the molecule is CCc1cc(NCCn2cc(N)cn2)nc(C)n1. The van der Waals surface area contributed by atoms with Crippen molar-refractivity contribution in [3.63, 3.8) is 0 Å². The topological polar surface area (TPSA) is 81.7 Å². The molecule has 2 heterocycles. The minimum atomic E-state index is 0.682. The van der Waals surface area contributed by atoms with Gasteiger partial charge in [0.25, 0.3) is 0 Å². The van der Waals surface area contributed by atoms with E-state index in [1.807, 2.05) is 19.2 Å². The van der Waals surface area contributed by atoms with Crippen LogP contribution in [0.5, 0.6) is 0 Å². The minimum Gasteiger partial charge on any atom is -0.396 e. The van der Waals surface area contributed by atoms with Crippen LogP contribution >= 0.6 is 0 Å². The van der Waals surface area contributed by atoms with Crippen LogP contribution in [-0.4, -0.2) is 26.3 Å². The molecule has 0 spiro atoms. The van der Waals surface area contributed by atoms with Gasteiger partial charge in [-0.1, -0.05) is 6.92 Å². The van der Waals surface area contributed by atoms with Crippen molar-refractivity contribution in [1.29, 1.82) is 0 Å². The lowest BCUT2D eigenvalue weighted by atomic mass is 10.3. The highest BCUT2D eigenvalue weighted by atomic mass is 15.3. The molecule has 6 nitrogen and oxygen atoms in total. The molecule has 0 radical (unpaired) electrons. The van der Waals surface area contributed by atoms with Gasteiger partial charge in [0.1, 0.15) is 11.6 Å². The predicted molar refractivity (Wildman–Crippen MR) is 71.3 cm³/mol. The fourth-order valence-electron chi connectivity index (χ4n) is 1.70. The van der Waals surface area contributed by atoms with Gasteiger partial charge in [-0.05, 0) is 13.3 Å². The van der Waals surface area contributed by atoms with E-state index in [9.17, 15) is 0 Å². The molecule has 2 aromatic heterocycles. The van der Waals surface area contributed by atoms with Gasteiger partial charge in [-0.25, -0.2) is 9.97 Å². The van der Waals surface area contributed by atoms with Gasteiger partial charge in [0.15, 0.2) is 0 Å². The second kappa shape index (κ2) is 5.48. The predicted octanol–water partition coefficient (Wildman–Crippen LogP) is 1.24. The van der Waals surface area contributed by atoms with Gasteiger partial charge in [0, 0.05) is 24.5 Å². The van der Waals surface area contributed by atoms with Crippen LogP contribution < -0.4 is 11.1 Å². The Kier molecular flexibility index (Phi) is 3.76. The highest BCUT2D eigenvalue weighted by Gasteiger charge is 2.00. The number of aromatic nitrogens is 4. The van der Waals surface area contributed by atoms with E-state index in [4.69, 9.17) is 5.73 Å². The van der Waals surface area contributed by atoms with E-state index in [-0.39, 0.29) is 0 Å². The van der Waals surface area contributed by atoms with Crippen molar-refractivity contribution in [2.24, 2.45) is 0 Å². The van der Waals surface area contributed by atoms with Gasteiger partial charge in [0.05, 0.1) is 18.4 Å². The number of aryl methyl sites for hydroxylation is 2. The summed E-state index contributed by atoms with van der Waals surface area (Å²) in [5.74, 6) is 1.65. The maximum absolute atomic E-state index is 5.59. The average Bonchev–Trinajstić information content (AvgIpc) is 2.74. The van der Waals surface area contributed by atoms with E-state index in [2.05, 4.69) is 27.3 Å². The lowest BCUT2D eigenvalue weighted by molar-refractivity contribution is 0.637. The zero-order chi connectivity index (χ0) is 13.0. The number of rotatable bonds is 5. The van der Waals surface area contributed by atoms with Crippen LogP contribution in [0.2, 0.25) is 0 Å². The molecule has 18 heavy (non-hydrogen) atoms. The van der Waals surface area contributed by atoms with Crippen molar-refractivity contribution in [1.82, 2.24) is 19.7 Å². The molecule has 0 bridgehead atoms. The standard InChI is InChI=1S/C12H18N6/c1-3-11-6-12(17-9(2)16-11)14-4-5-18-8-10(13)7-15-18/h6-8H,3-5,13H2,1-2H3,(H,14,16,17). The summed E-state index contributed by atoms with van der Waals surface area (Å²) in [4.78, 5) is 8.68. The molecule has 2 rings (SSSR count). The number of hydrogen-bond acceptors (Lipinski definition) is 5. The molecule has 96 valence electrons. The second-order valence-corrected chi connectivity index (χ2v) is 4.11. The van der Waals surface area contributed by atoms with Crippen LogP contribution in [0.15, 0.2) is 18.5 Å². The zero-order valence-electron chi connectivity index (χ0n) is 10.7. The monoisotopic (exact) mass is 246 g/mol. The first-order valence-corrected chi connectivity index (χ1v) is 6.03. The van der Waals surface area contributed by atoms with Crippen LogP contribution in [0.4, 0.5) is 11.5 Å². The summed E-state index contributed by atoms with van der Waals surface area (Å²) in [5, 5.41) is 7.38. The van der Waals surface area contributed by atoms with Gasteiger partial charge >= 0.3 is 0 Å². The minimum absolute atomic E-state index is 0.682. The first kappa shape index (κ1) is 12.3. The highest BCUT2D eigenvalue weighted by Crippen LogP contribution is 2.07. The number of anilines is 2. The molecule has 0 amide bonds. The van der Waals surface area contributed by atoms with Crippen molar-refractivity contribution >= 4 is 11.5 Å². The van der Waals surface area contributed by atoms with Crippen molar-refractivity contribution in [2.75, 3.05) is 17.6 Å². The van der Waals surface area contributed by atoms with E-state index < -0.39 is 0 Å². The van der Waals surface area contributed by atoms with Crippen LogP contribution in [0, 0.1) is 6.92 Å². The molecule has 3 N–H and O–H groups in total.